The Balaban J connectivity index is 3.49. The molecule has 0 aromatic heterocycles. The van der Waals surface area contributed by atoms with Gasteiger partial charge >= 0.3 is 15.7 Å². The molecular formula is C5H8O2Si. The molecule has 0 heterocycles. The second-order valence-corrected chi connectivity index (χ2v) is 1.99. The molecule has 0 rings (SSSR count). The second-order valence-electron chi connectivity index (χ2n) is 1.37. The third-order valence-corrected chi connectivity index (χ3v) is 0.933. The van der Waals surface area contributed by atoms with Crippen LogP contribution in [0.15, 0.2) is 12.2 Å². The third-order valence-electron chi connectivity index (χ3n) is 0.543. The summed E-state index contributed by atoms with van der Waals surface area (Å²) in [7, 11) is 0.221. The zero-order chi connectivity index (χ0) is 6.57. The fraction of sp³-hybridized carbons (Fsp3) is 0.400. The standard InChI is InChI=1S/C5H8O2Si/c1-4(2)5(6)7-8-3/h1H2,2-3H3. The summed E-state index contributed by atoms with van der Waals surface area (Å²) < 4.78 is 4.59. The summed E-state index contributed by atoms with van der Waals surface area (Å²) in [5, 5.41) is 0. The molecule has 0 bridgehead atoms. The van der Waals surface area contributed by atoms with Crippen molar-refractivity contribution in [1.29, 1.82) is 0 Å². The Hall–Kier alpha value is -0.573. The molecule has 0 unspecified atom stereocenters. The van der Waals surface area contributed by atoms with Crippen molar-refractivity contribution in [3.05, 3.63) is 12.2 Å². The van der Waals surface area contributed by atoms with Crippen molar-refractivity contribution < 1.29 is 9.22 Å². The number of hydrogen-bond donors (Lipinski definition) is 0. The second kappa shape index (κ2) is 3.43. The number of carbonyl (C=O) groups is 1. The van der Waals surface area contributed by atoms with Crippen LogP contribution in [-0.4, -0.2) is 15.7 Å². The predicted octanol–water partition coefficient (Wildman–Crippen LogP) is 0.773. The topological polar surface area (TPSA) is 26.3 Å². The van der Waals surface area contributed by atoms with E-state index in [9.17, 15) is 4.79 Å². The summed E-state index contributed by atoms with van der Waals surface area (Å²) in [5.74, 6) is -0.300. The van der Waals surface area contributed by atoms with Crippen LogP contribution in [-0.2, 0) is 9.22 Å². The molecule has 2 nitrogen and oxygen atoms in total. The highest BCUT2D eigenvalue weighted by molar-refractivity contribution is 6.29. The molecule has 0 aliphatic carbocycles. The van der Waals surface area contributed by atoms with Gasteiger partial charge in [-0.05, 0) is 13.5 Å². The highest BCUT2D eigenvalue weighted by Gasteiger charge is 1.98. The van der Waals surface area contributed by atoms with Crippen molar-refractivity contribution in [2.45, 2.75) is 13.5 Å². The maximum absolute atomic E-state index is 10.4. The van der Waals surface area contributed by atoms with Gasteiger partial charge in [-0.2, -0.15) is 0 Å². The molecule has 3 heteroatoms. The summed E-state index contributed by atoms with van der Waals surface area (Å²) in [5.41, 5.74) is 0.458. The molecule has 0 fully saturated rings. The first-order valence-electron chi connectivity index (χ1n) is 2.22. The predicted molar refractivity (Wildman–Crippen MR) is 32.5 cm³/mol. The fourth-order valence-electron chi connectivity index (χ4n) is 0.180. The Morgan fingerprint density at radius 3 is 2.38 bits per heavy atom. The third kappa shape index (κ3) is 2.57. The summed E-state index contributed by atoms with van der Waals surface area (Å²) in [6.45, 7) is 6.82. The van der Waals surface area contributed by atoms with Crippen molar-refractivity contribution in [2.75, 3.05) is 0 Å². The van der Waals surface area contributed by atoms with Crippen LogP contribution in [0.3, 0.4) is 0 Å². The lowest BCUT2D eigenvalue weighted by molar-refractivity contribution is -0.130. The van der Waals surface area contributed by atoms with Crippen LogP contribution in [0, 0.1) is 0 Å². The number of carbonyl (C=O) groups excluding carboxylic acids is 1. The molecule has 8 heavy (non-hydrogen) atoms. The Kier molecular flexibility index (Phi) is 3.19. The van der Waals surface area contributed by atoms with Gasteiger partial charge in [0.05, 0.1) is 0 Å². The monoisotopic (exact) mass is 128 g/mol. The van der Waals surface area contributed by atoms with Gasteiger partial charge in [-0.1, -0.05) is 6.58 Å². The van der Waals surface area contributed by atoms with Gasteiger partial charge in [0.1, 0.15) is 0 Å². The van der Waals surface area contributed by atoms with Gasteiger partial charge in [-0.15, -0.1) is 0 Å². The van der Waals surface area contributed by atoms with Crippen LogP contribution in [0.25, 0.3) is 0 Å². The van der Waals surface area contributed by atoms with E-state index in [1.54, 1.807) is 13.5 Å². The number of rotatable bonds is 2. The molecule has 0 saturated carbocycles. The maximum atomic E-state index is 10.4. The van der Waals surface area contributed by atoms with E-state index < -0.39 is 0 Å². The van der Waals surface area contributed by atoms with Gasteiger partial charge in [0.15, 0.2) is 0 Å². The Labute approximate surface area is 51.5 Å². The fourth-order valence-corrected chi connectivity index (χ4v) is 0.539. The highest BCUT2D eigenvalue weighted by Crippen LogP contribution is 1.88. The molecule has 44 valence electrons. The van der Waals surface area contributed by atoms with Crippen LogP contribution >= 0.6 is 0 Å². The molecule has 0 atom stereocenters. The zero-order valence-electron chi connectivity index (χ0n) is 5.02. The van der Waals surface area contributed by atoms with Gasteiger partial charge in [0, 0.05) is 5.57 Å². The molecule has 0 aliphatic rings. The van der Waals surface area contributed by atoms with Crippen LogP contribution < -0.4 is 0 Å². The minimum Gasteiger partial charge on any atom is -0.514 e. The summed E-state index contributed by atoms with van der Waals surface area (Å²) in [6.07, 6.45) is 0. The van der Waals surface area contributed by atoms with Gasteiger partial charge in [0.2, 0.25) is 0 Å². The van der Waals surface area contributed by atoms with E-state index in [1.165, 1.54) is 0 Å². The van der Waals surface area contributed by atoms with Gasteiger partial charge < -0.3 is 4.43 Å². The van der Waals surface area contributed by atoms with E-state index >= 15 is 0 Å². The molecule has 0 aromatic carbocycles. The van der Waals surface area contributed by atoms with Gasteiger partial charge in [-0.25, -0.2) is 4.79 Å². The zero-order valence-corrected chi connectivity index (χ0v) is 6.02. The van der Waals surface area contributed by atoms with Crippen LogP contribution in [0.2, 0.25) is 6.55 Å². The smallest absolute Gasteiger partial charge is 0.319 e. The Morgan fingerprint density at radius 2 is 2.25 bits per heavy atom. The maximum Gasteiger partial charge on any atom is 0.319 e. The Bertz CT molecular complexity index is 109. The quantitative estimate of drug-likeness (QED) is 0.405. The van der Waals surface area contributed by atoms with Crippen molar-refractivity contribution in [3.8, 4) is 0 Å². The molecule has 0 N–H and O–H groups in total. The summed E-state index contributed by atoms with van der Waals surface area (Å²) >= 11 is 0. The van der Waals surface area contributed by atoms with Gasteiger partial charge in [0.25, 0.3) is 0 Å². The molecule has 0 saturated heterocycles. The molecule has 0 amide bonds. The average Bonchev–Trinajstić information content (AvgIpc) is 1.67. The van der Waals surface area contributed by atoms with E-state index in [-0.39, 0.29) is 15.7 Å². The summed E-state index contributed by atoms with van der Waals surface area (Å²) in [4.78, 5) is 10.4. The van der Waals surface area contributed by atoms with E-state index in [0.29, 0.717) is 5.57 Å². The van der Waals surface area contributed by atoms with E-state index in [2.05, 4.69) is 11.0 Å². The van der Waals surface area contributed by atoms with Gasteiger partial charge in [-0.3, -0.25) is 0 Å². The van der Waals surface area contributed by atoms with Crippen LogP contribution in [0.5, 0.6) is 0 Å². The minimum atomic E-state index is -0.300. The van der Waals surface area contributed by atoms with Crippen molar-refractivity contribution in [2.24, 2.45) is 0 Å². The molecular weight excluding hydrogens is 120 g/mol. The van der Waals surface area contributed by atoms with Crippen LogP contribution in [0.4, 0.5) is 0 Å². The molecule has 0 spiro atoms. The normalized spacial score (nSPS) is 8.25. The largest absolute Gasteiger partial charge is 0.514 e. The van der Waals surface area contributed by atoms with E-state index in [0.717, 1.165) is 0 Å². The molecule has 0 aromatic rings. The molecule has 0 aliphatic heterocycles. The number of hydrogen-bond acceptors (Lipinski definition) is 2. The first kappa shape index (κ1) is 7.43. The lowest BCUT2D eigenvalue weighted by Crippen LogP contribution is -2.05. The average molecular weight is 128 g/mol. The van der Waals surface area contributed by atoms with Crippen molar-refractivity contribution >= 4 is 15.7 Å². The van der Waals surface area contributed by atoms with E-state index in [4.69, 9.17) is 0 Å². The minimum absolute atomic E-state index is 0.221. The lowest BCUT2D eigenvalue weighted by atomic mass is 10.4. The lowest BCUT2D eigenvalue weighted by Gasteiger charge is -1.96. The Morgan fingerprint density at radius 1 is 1.75 bits per heavy atom. The van der Waals surface area contributed by atoms with Crippen molar-refractivity contribution in [3.63, 3.8) is 0 Å². The first-order valence-corrected chi connectivity index (χ1v) is 3.62. The molecule has 2 radical (unpaired) electrons. The highest BCUT2D eigenvalue weighted by atomic mass is 28.2. The van der Waals surface area contributed by atoms with E-state index in [1.807, 2.05) is 0 Å². The van der Waals surface area contributed by atoms with Crippen molar-refractivity contribution in [1.82, 2.24) is 0 Å². The van der Waals surface area contributed by atoms with Crippen LogP contribution in [0.1, 0.15) is 6.92 Å². The summed E-state index contributed by atoms with van der Waals surface area (Å²) in [6, 6.07) is 0. The SMILES string of the molecule is C=C(C)C(=O)O[Si]C. The first-order chi connectivity index (χ1) is 3.68.